The van der Waals surface area contributed by atoms with Gasteiger partial charge in [-0.2, -0.15) is 0 Å². The van der Waals surface area contributed by atoms with Gasteiger partial charge >= 0.3 is 0 Å². The lowest BCUT2D eigenvalue weighted by molar-refractivity contribution is 0.200. The second kappa shape index (κ2) is 5.50. The van der Waals surface area contributed by atoms with E-state index in [1.807, 2.05) is 6.07 Å². The van der Waals surface area contributed by atoms with E-state index in [1.54, 1.807) is 0 Å². The molecule has 0 radical (unpaired) electrons. The molecule has 0 spiro atoms. The molecule has 1 fully saturated rings. The predicted molar refractivity (Wildman–Crippen MR) is 69.1 cm³/mol. The van der Waals surface area contributed by atoms with Crippen LogP contribution in [0.1, 0.15) is 56.7 Å². The van der Waals surface area contributed by atoms with Crippen molar-refractivity contribution >= 4 is 0 Å². The average molecular weight is 234 g/mol. The van der Waals surface area contributed by atoms with Crippen molar-refractivity contribution in [3.63, 3.8) is 0 Å². The van der Waals surface area contributed by atoms with Crippen molar-refractivity contribution < 1.29 is 4.74 Å². The minimum Gasteiger partial charge on any atom is -0.474 e. The normalized spacial score (nSPS) is 16.7. The number of aromatic nitrogens is 1. The molecule has 1 saturated carbocycles. The number of rotatable bonds is 4. The Balaban J connectivity index is 2.16. The van der Waals surface area contributed by atoms with Crippen LogP contribution in [0, 0.1) is 0 Å². The van der Waals surface area contributed by atoms with Crippen molar-refractivity contribution in [3.8, 4) is 5.88 Å². The Morgan fingerprint density at radius 3 is 2.65 bits per heavy atom. The summed E-state index contributed by atoms with van der Waals surface area (Å²) >= 11 is 0. The van der Waals surface area contributed by atoms with E-state index in [4.69, 9.17) is 10.5 Å². The summed E-state index contributed by atoms with van der Waals surface area (Å²) in [5.41, 5.74) is 7.89. The molecule has 1 aliphatic carbocycles. The summed E-state index contributed by atoms with van der Waals surface area (Å²) in [7, 11) is 0. The van der Waals surface area contributed by atoms with Crippen LogP contribution >= 0.6 is 0 Å². The van der Waals surface area contributed by atoms with E-state index in [0.29, 0.717) is 18.6 Å². The molecule has 1 aromatic rings. The van der Waals surface area contributed by atoms with E-state index in [1.165, 1.54) is 12.8 Å². The van der Waals surface area contributed by atoms with Gasteiger partial charge in [0.2, 0.25) is 5.88 Å². The minimum absolute atomic E-state index is 0.357. The highest BCUT2D eigenvalue weighted by atomic mass is 16.5. The van der Waals surface area contributed by atoms with Crippen LogP contribution in [-0.4, -0.2) is 11.1 Å². The standard InChI is InChI=1S/C14H22N2O/c1-10(2)13-7-11(9-15)8-14(16-13)17-12-5-3-4-6-12/h7-8,10,12H,3-6,9,15H2,1-2H3. The second-order valence-corrected chi connectivity index (χ2v) is 5.12. The largest absolute Gasteiger partial charge is 0.474 e. The van der Waals surface area contributed by atoms with Gasteiger partial charge in [-0.3, -0.25) is 0 Å². The molecule has 1 heterocycles. The summed E-state index contributed by atoms with van der Waals surface area (Å²) in [6.07, 6.45) is 5.23. The van der Waals surface area contributed by atoms with E-state index in [2.05, 4.69) is 24.9 Å². The Hall–Kier alpha value is -1.09. The molecule has 0 saturated heterocycles. The quantitative estimate of drug-likeness (QED) is 0.871. The molecule has 0 amide bonds. The SMILES string of the molecule is CC(C)c1cc(CN)cc(OC2CCCC2)n1. The summed E-state index contributed by atoms with van der Waals surface area (Å²) in [5.74, 6) is 1.16. The molecular formula is C14H22N2O. The molecule has 0 unspecified atom stereocenters. The molecule has 2 N–H and O–H groups in total. The summed E-state index contributed by atoms with van der Waals surface area (Å²) in [4.78, 5) is 4.57. The monoisotopic (exact) mass is 234 g/mol. The molecule has 0 atom stereocenters. The Kier molecular flexibility index (Phi) is 4.00. The summed E-state index contributed by atoms with van der Waals surface area (Å²) < 4.78 is 5.94. The highest BCUT2D eigenvalue weighted by Gasteiger charge is 2.17. The van der Waals surface area contributed by atoms with Crippen LogP contribution in [0.15, 0.2) is 12.1 Å². The molecule has 0 aromatic carbocycles. The van der Waals surface area contributed by atoms with Crippen LogP contribution in [0.3, 0.4) is 0 Å². The Morgan fingerprint density at radius 1 is 1.35 bits per heavy atom. The zero-order valence-corrected chi connectivity index (χ0v) is 10.8. The maximum Gasteiger partial charge on any atom is 0.214 e. The fraction of sp³-hybridized carbons (Fsp3) is 0.643. The van der Waals surface area contributed by atoms with E-state index in [9.17, 15) is 0 Å². The van der Waals surface area contributed by atoms with Gasteiger partial charge in [-0.05, 0) is 43.2 Å². The molecule has 17 heavy (non-hydrogen) atoms. The van der Waals surface area contributed by atoms with Crippen LogP contribution in [0.25, 0.3) is 0 Å². The first-order valence-electron chi connectivity index (χ1n) is 6.56. The van der Waals surface area contributed by atoms with Crippen LogP contribution in [0.5, 0.6) is 5.88 Å². The van der Waals surface area contributed by atoms with Crippen molar-refractivity contribution in [2.24, 2.45) is 5.73 Å². The maximum absolute atomic E-state index is 5.94. The minimum atomic E-state index is 0.357. The van der Waals surface area contributed by atoms with Crippen molar-refractivity contribution in [1.82, 2.24) is 4.98 Å². The fourth-order valence-corrected chi connectivity index (χ4v) is 2.23. The lowest BCUT2D eigenvalue weighted by atomic mass is 10.1. The number of hydrogen-bond donors (Lipinski definition) is 1. The molecule has 1 aliphatic rings. The van der Waals surface area contributed by atoms with Crippen LogP contribution in [0.2, 0.25) is 0 Å². The maximum atomic E-state index is 5.94. The lowest BCUT2D eigenvalue weighted by Crippen LogP contribution is -2.13. The zero-order valence-electron chi connectivity index (χ0n) is 10.8. The predicted octanol–water partition coefficient (Wildman–Crippen LogP) is 2.99. The third-order valence-electron chi connectivity index (χ3n) is 3.30. The highest BCUT2D eigenvalue weighted by molar-refractivity contribution is 5.26. The molecule has 3 heteroatoms. The van der Waals surface area contributed by atoms with Gasteiger partial charge in [0.05, 0.1) is 0 Å². The first-order chi connectivity index (χ1) is 8.19. The van der Waals surface area contributed by atoms with Gasteiger partial charge in [0, 0.05) is 18.3 Å². The molecule has 1 aromatic heterocycles. The van der Waals surface area contributed by atoms with Gasteiger partial charge in [0.1, 0.15) is 6.10 Å². The number of nitrogens with two attached hydrogens (primary N) is 1. The van der Waals surface area contributed by atoms with Crippen LogP contribution < -0.4 is 10.5 Å². The van der Waals surface area contributed by atoms with Crippen LogP contribution in [-0.2, 0) is 6.54 Å². The number of hydrogen-bond acceptors (Lipinski definition) is 3. The summed E-state index contributed by atoms with van der Waals surface area (Å²) in [6.45, 7) is 4.83. The first-order valence-corrected chi connectivity index (χ1v) is 6.56. The second-order valence-electron chi connectivity index (χ2n) is 5.12. The van der Waals surface area contributed by atoms with Gasteiger partial charge in [-0.1, -0.05) is 13.8 Å². The Bertz CT molecular complexity index is 370. The fourth-order valence-electron chi connectivity index (χ4n) is 2.23. The number of ether oxygens (including phenoxy) is 1. The van der Waals surface area contributed by atoms with E-state index < -0.39 is 0 Å². The smallest absolute Gasteiger partial charge is 0.214 e. The zero-order chi connectivity index (χ0) is 12.3. The van der Waals surface area contributed by atoms with Gasteiger partial charge in [0.25, 0.3) is 0 Å². The number of pyridine rings is 1. The summed E-state index contributed by atoms with van der Waals surface area (Å²) in [5, 5.41) is 0. The van der Waals surface area contributed by atoms with Crippen molar-refractivity contribution in [2.75, 3.05) is 0 Å². The lowest BCUT2D eigenvalue weighted by Gasteiger charge is -2.15. The highest BCUT2D eigenvalue weighted by Crippen LogP contribution is 2.25. The summed E-state index contributed by atoms with van der Waals surface area (Å²) in [6, 6.07) is 4.05. The third-order valence-corrected chi connectivity index (χ3v) is 3.30. The van der Waals surface area contributed by atoms with Crippen molar-refractivity contribution in [1.29, 1.82) is 0 Å². The average Bonchev–Trinajstić information content (AvgIpc) is 2.81. The van der Waals surface area contributed by atoms with Gasteiger partial charge < -0.3 is 10.5 Å². The van der Waals surface area contributed by atoms with Crippen LogP contribution in [0.4, 0.5) is 0 Å². The molecule has 3 nitrogen and oxygen atoms in total. The van der Waals surface area contributed by atoms with Crippen molar-refractivity contribution in [2.45, 2.75) is 58.1 Å². The van der Waals surface area contributed by atoms with Gasteiger partial charge in [0.15, 0.2) is 0 Å². The van der Waals surface area contributed by atoms with E-state index in [0.717, 1.165) is 30.0 Å². The van der Waals surface area contributed by atoms with E-state index in [-0.39, 0.29) is 0 Å². The molecule has 2 rings (SSSR count). The number of nitrogens with zero attached hydrogens (tertiary/aromatic N) is 1. The van der Waals surface area contributed by atoms with Crippen molar-refractivity contribution in [3.05, 3.63) is 23.4 Å². The molecule has 94 valence electrons. The molecule has 0 bridgehead atoms. The van der Waals surface area contributed by atoms with Gasteiger partial charge in [-0.25, -0.2) is 4.98 Å². The topological polar surface area (TPSA) is 48.1 Å². The van der Waals surface area contributed by atoms with E-state index >= 15 is 0 Å². The third kappa shape index (κ3) is 3.19. The molecule has 0 aliphatic heterocycles. The Morgan fingerprint density at radius 2 is 2.06 bits per heavy atom. The Labute approximate surface area is 103 Å². The van der Waals surface area contributed by atoms with Gasteiger partial charge in [-0.15, -0.1) is 0 Å². The first kappa shape index (κ1) is 12.4. The molecular weight excluding hydrogens is 212 g/mol.